The van der Waals surface area contributed by atoms with E-state index in [9.17, 15) is 4.79 Å². The van der Waals surface area contributed by atoms with Gasteiger partial charge in [0, 0.05) is 16.8 Å². The van der Waals surface area contributed by atoms with Gasteiger partial charge in [-0.25, -0.2) is 4.98 Å². The van der Waals surface area contributed by atoms with E-state index in [1.807, 2.05) is 42.6 Å². The molecule has 0 aliphatic heterocycles. The summed E-state index contributed by atoms with van der Waals surface area (Å²) in [6.45, 7) is 1.84. The fraction of sp³-hybridized carbons (Fsp3) is 0.158. The van der Waals surface area contributed by atoms with Crippen molar-refractivity contribution in [3.63, 3.8) is 0 Å². The Hall–Kier alpha value is -2.91. The van der Waals surface area contributed by atoms with E-state index >= 15 is 0 Å². The van der Waals surface area contributed by atoms with E-state index in [1.165, 1.54) is 23.1 Å². The van der Waals surface area contributed by atoms with Gasteiger partial charge in [0.1, 0.15) is 10.8 Å². The number of nitrogens with zero attached hydrogens (tertiary/aromatic N) is 3. The summed E-state index contributed by atoms with van der Waals surface area (Å²) in [6, 6.07) is 11.2. The zero-order valence-corrected chi connectivity index (χ0v) is 16.5. The highest BCUT2D eigenvalue weighted by Crippen LogP contribution is 2.28. The Bertz CT molecular complexity index is 1070. The molecule has 0 fully saturated rings. The van der Waals surface area contributed by atoms with Gasteiger partial charge >= 0.3 is 0 Å². The molecule has 0 aliphatic rings. The number of nitrogens with one attached hydrogen (secondary N) is 1. The Kier molecular flexibility index (Phi) is 5.54. The maximum atomic E-state index is 12.1. The predicted molar refractivity (Wildman–Crippen MR) is 107 cm³/mol. The van der Waals surface area contributed by atoms with Crippen LogP contribution in [0.15, 0.2) is 62.1 Å². The highest BCUT2D eigenvalue weighted by Gasteiger charge is 2.14. The van der Waals surface area contributed by atoms with E-state index in [0.717, 1.165) is 27.7 Å². The number of thioether (sulfide) groups is 1. The first-order valence-corrected chi connectivity index (χ1v) is 10.3. The van der Waals surface area contributed by atoms with Crippen molar-refractivity contribution in [2.75, 3.05) is 5.32 Å². The SMILES string of the molecule is Cc1occc1-c1nnc(SCc2csc(CC(=O)Nc3ccccc3)n2)o1. The lowest BCUT2D eigenvalue weighted by Gasteiger charge is -2.02. The molecule has 3 heterocycles. The van der Waals surface area contributed by atoms with Gasteiger partial charge in [0.2, 0.25) is 5.91 Å². The first-order chi connectivity index (χ1) is 13.7. The van der Waals surface area contributed by atoms with E-state index in [2.05, 4.69) is 20.5 Å². The first-order valence-electron chi connectivity index (χ1n) is 8.46. The van der Waals surface area contributed by atoms with Crippen LogP contribution in [0.1, 0.15) is 16.5 Å². The summed E-state index contributed by atoms with van der Waals surface area (Å²) in [5, 5.41) is 14.1. The summed E-state index contributed by atoms with van der Waals surface area (Å²) in [4.78, 5) is 16.6. The number of amides is 1. The molecule has 3 aromatic heterocycles. The van der Waals surface area contributed by atoms with Gasteiger partial charge in [0.15, 0.2) is 0 Å². The summed E-state index contributed by atoms with van der Waals surface area (Å²) < 4.78 is 10.9. The summed E-state index contributed by atoms with van der Waals surface area (Å²) in [6.07, 6.45) is 1.83. The van der Waals surface area contributed by atoms with Crippen molar-refractivity contribution in [1.82, 2.24) is 15.2 Å². The van der Waals surface area contributed by atoms with Crippen LogP contribution in [0, 0.1) is 6.92 Å². The lowest BCUT2D eigenvalue weighted by atomic mass is 10.3. The maximum Gasteiger partial charge on any atom is 0.277 e. The molecule has 0 saturated heterocycles. The zero-order chi connectivity index (χ0) is 19.3. The number of hydrogen-bond donors (Lipinski definition) is 1. The van der Waals surface area contributed by atoms with Gasteiger partial charge in [0.05, 0.1) is 23.9 Å². The van der Waals surface area contributed by atoms with Crippen molar-refractivity contribution in [1.29, 1.82) is 0 Å². The van der Waals surface area contributed by atoms with Crippen LogP contribution in [0.2, 0.25) is 0 Å². The summed E-state index contributed by atoms with van der Waals surface area (Å²) in [5.74, 6) is 1.67. The number of carbonyl (C=O) groups excluding carboxylic acids is 1. The van der Waals surface area contributed by atoms with Crippen molar-refractivity contribution < 1.29 is 13.6 Å². The summed E-state index contributed by atoms with van der Waals surface area (Å²) >= 11 is 2.87. The minimum atomic E-state index is -0.0863. The largest absolute Gasteiger partial charge is 0.469 e. The molecule has 1 amide bonds. The van der Waals surface area contributed by atoms with Gasteiger partial charge in [-0.2, -0.15) is 0 Å². The number of carbonyl (C=O) groups is 1. The lowest BCUT2D eigenvalue weighted by molar-refractivity contribution is -0.115. The van der Waals surface area contributed by atoms with Crippen LogP contribution >= 0.6 is 23.1 Å². The molecule has 9 heteroatoms. The third-order valence-electron chi connectivity index (χ3n) is 3.81. The van der Waals surface area contributed by atoms with Gasteiger partial charge in [-0.3, -0.25) is 4.79 Å². The predicted octanol–water partition coefficient (Wildman–Crippen LogP) is 4.57. The molecule has 0 radical (unpaired) electrons. The van der Waals surface area contributed by atoms with Crippen molar-refractivity contribution >= 4 is 34.7 Å². The Morgan fingerprint density at radius 3 is 2.86 bits per heavy atom. The number of anilines is 1. The molecule has 0 bridgehead atoms. The van der Waals surface area contributed by atoms with Crippen LogP contribution in [-0.2, 0) is 17.0 Å². The normalized spacial score (nSPS) is 10.9. The second-order valence-electron chi connectivity index (χ2n) is 5.88. The first kappa shape index (κ1) is 18.5. The van der Waals surface area contributed by atoms with Crippen LogP contribution in [0.5, 0.6) is 0 Å². The number of aromatic nitrogens is 3. The Balaban J connectivity index is 1.31. The van der Waals surface area contributed by atoms with Gasteiger partial charge in [-0.05, 0) is 25.1 Å². The molecule has 28 heavy (non-hydrogen) atoms. The number of benzene rings is 1. The van der Waals surface area contributed by atoms with Crippen molar-refractivity contribution in [2.24, 2.45) is 0 Å². The number of aryl methyl sites for hydroxylation is 1. The summed E-state index contributed by atoms with van der Waals surface area (Å²) in [5.41, 5.74) is 2.44. The van der Waals surface area contributed by atoms with Crippen molar-refractivity contribution in [3.8, 4) is 11.5 Å². The standard InChI is InChI=1S/C19H16N4O3S2/c1-12-15(7-8-25-12)18-22-23-19(26-18)28-11-14-10-27-17(21-14)9-16(24)20-13-5-3-2-4-6-13/h2-8,10H,9,11H2,1H3,(H,20,24). The number of furan rings is 1. The van der Waals surface area contributed by atoms with Gasteiger partial charge in [-0.1, -0.05) is 30.0 Å². The monoisotopic (exact) mass is 412 g/mol. The number of thiazole rings is 1. The van der Waals surface area contributed by atoms with Crippen LogP contribution in [0.4, 0.5) is 5.69 Å². The smallest absolute Gasteiger partial charge is 0.277 e. The van der Waals surface area contributed by atoms with E-state index in [0.29, 0.717) is 16.9 Å². The molecule has 4 aromatic rings. The van der Waals surface area contributed by atoms with Gasteiger partial charge in [-0.15, -0.1) is 21.5 Å². The molecular formula is C19H16N4O3S2. The molecule has 0 spiro atoms. The van der Waals surface area contributed by atoms with Gasteiger partial charge < -0.3 is 14.2 Å². The fourth-order valence-corrected chi connectivity index (χ4v) is 4.03. The quantitative estimate of drug-likeness (QED) is 0.444. The minimum absolute atomic E-state index is 0.0863. The molecule has 0 aliphatic carbocycles. The van der Waals surface area contributed by atoms with E-state index in [-0.39, 0.29) is 12.3 Å². The van der Waals surface area contributed by atoms with Crippen LogP contribution < -0.4 is 5.32 Å². The minimum Gasteiger partial charge on any atom is -0.469 e. The Morgan fingerprint density at radius 2 is 2.07 bits per heavy atom. The van der Waals surface area contributed by atoms with Gasteiger partial charge in [0.25, 0.3) is 11.1 Å². The lowest BCUT2D eigenvalue weighted by Crippen LogP contribution is -2.14. The molecule has 0 atom stereocenters. The third kappa shape index (κ3) is 4.49. The van der Waals surface area contributed by atoms with Crippen LogP contribution in [0.25, 0.3) is 11.5 Å². The molecule has 142 valence electrons. The molecule has 1 N–H and O–H groups in total. The topological polar surface area (TPSA) is 94.0 Å². The van der Waals surface area contributed by atoms with E-state index in [4.69, 9.17) is 8.83 Å². The average molecular weight is 412 g/mol. The Labute approximate surface area is 169 Å². The fourth-order valence-electron chi connectivity index (χ4n) is 2.48. The second kappa shape index (κ2) is 8.41. The highest BCUT2D eigenvalue weighted by atomic mass is 32.2. The average Bonchev–Trinajstić information content (AvgIpc) is 3.42. The molecule has 7 nitrogen and oxygen atoms in total. The zero-order valence-electron chi connectivity index (χ0n) is 14.9. The maximum absolute atomic E-state index is 12.1. The molecule has 1 aromatic carbocycles. The number of rotatable bonds is 7. The summed E-state index contributed by atoms with van der Waals surface area (Å²) in [7, 11) is 0. The molecular weight excluding hydrogens is 396 g/mol. The highest BCUT2D eigenvalue weighted by molar-refractivity contribution is 7.98. The van der Waals surface area contributed by atoms with Crippen molar-refractivity contribution in [3.05, 3.63) is 64.5 Å². The van der Waals surface area contributed by atoms with Crippen molar-refractivity contribution in [2.45, 2.75) is 24.3 Å². The molecule has 4 rings (SSSR count). The number of hydrogen-bond acceptors (Lipinski definition) is 8. The van der Waals surface area contributed by atoms with E-state index < -0.39 is 0 Å². The third-order valence-corrected chi connectivity index (χ3v) is 5.56. The molecule has 0 unspecified atom stereocenters. The van der Waals surface area contributed by atoms with E-state index in [1.54, 1.807) is 12.3 Å². The number of para-hydroxylation sites is 1. The second-order valence-corrected chi connectivity index (χ2v) is 7.75. The molecule has 0 saturated carbocycles. The van der Waals surface area contributed by atoms with Crippen LogP contribution in [0.3, 0.4) is 0 Å². The Morgan fingerprint density at radius 1 is 1.21 bits per heavy atom. The van der Waals surface area contributed by atoms with Crippen LogP contribution in [-0.4, -0.2) is 21.1 Å².